The Balaban J connectivity index is 0. The van der Waals surface area contributed by atoms with Gasteiger partial charge in [-0.15, -0.1) is 0 Å². The molecule has 4 heteroatoms. The zero-order valence-electron chi connectivity index (χ0n) is 3.09. The summed E-state index contributed by atoms with van der Waals surface area (Å²) in [6, 6.07) is 0. The van der Waals surface area contributed by atoms with E-state index in [9.17, 15) is 0 Å². The lowest BCUT2D eigenvalue weighted by atomic mass is 11.2. The molecule has 0 heterocycles. The quantitative estimate of drug-likeness (QED) is 0.535. The highest BCUT2D eigenvalue weighted by atomic mass is 35.5. The topological polar surface area (TPSA) is 0 Å². The molecule has 0 fully saturated rings. The maximum absolute atomic E-state index is 4.99. The first-order valence-corrected chi connectivity index (χ1v) is 2.52. The van der Waals surface area contributed by atoms with Crippen molar-refractivity contribution in [2.24, 2.45) is 0 Å². The Bertz CT molecular complexity index is 57.0. The normalized spacial score (nSPS) is 6.86. The van der Waals surface area contributed by atoms with E-state index in [-0.39, 0.29) is 16.4 Å². The molecule has 3 radical (unpaired) electrons. The van der Waals surface area contributed by atoms with Crippen molar-refractivity contribution in [3.63, 3.8) is 0 Å². The van der Waals surface area contributed by atoms with E-state index >= 15 is 0 Å². The maximum Gasteiger partial charge on any atom is 0.136 e. The average Bonchev–Trinajstić information content (AvgIpc) is 1.36. The summed E-state index contributed by atoms with van der Waals surface area (Å²) in [7, 11) is 0. The predicted octanol–water partition coefficient (Wildman–Crippen LogP) is 3.27. The Morgan fingerprint density at radius 1 is 0.714 bits per heavy atom. The fourth-order valence-corrected chi connectivity index (χ4v) is 0. The van der Waals surface area contributed by atoms with Crippen LogP contribution in [0.2, 0.25) is 0 Å². The lowest BCUT2D eigenvalue weighted by molar-refractivity contribution is 2.25. The van der Waals surface area contributed by atoms with Crippen LogP contribution in [0.4, 0.5) is 0 Å². The molecule has 0 atom stereocenters. The lowest BCUT2D eigenvalue weighted by Gasteiger charge is -1.75. The van der Waals surface area contributed by atoms with Crippen LogP contribution >= 0.6 is 46.4 Å². The molecular formula is C3HCl4. The Kier molecular flexibility index (Phi) is 7.79. The highest BCUT2D eigenvalue weighted by Gasteiger charge is 1.88. The first-order valence-electron chi connectivity index (χ1n) is 1.01. The van der Waals surface area contributed by atoms with Crippen LogP contribution in [0.25, 0.3) is 0 Å². The molecule has 0 aliphatic heterocycles. The fraction of sp³-hybridized carbons (Fsp3) is 0. The van der Waals surface area contributed by atoms with Gasteiger partial charge in [-0.25, -0.2) is 0 Å². The minimum atomic E-state index is -0.0988. The number of rotatable bonds is 0. The minimum Gasteiger partial charge on any atom is -0.0682 e. The van der Waals surface area contributed by atoms with Crippen LogP contribution in [0.3, 0.4) is 0 Å². The van der Waals surface area contributed by atoms with Gasteiger partial charge in [0, 0.05) is 0 Å². The van der Waals surface area contributed by atoms with Gasteiger partial charge in [0.1, 0.15) is 8.98 Å². The summed E-state index contributed by atoms with van der Waals surface area (Å²) in [6.07, 6.45) is 0. The van der Waals surface area contributed by atoms with E-state index in [0.717, 1.165) is 0 Å². The van der Waals surface area contributed by atoms with E-state index < -0.39 is 0 Å². The molecule has 41 valence electrons. The summed E-state index contributed by atoms with van der Waals surface area (Å²) in [5.74, 6) is 0. The van der Waals surface area contributed by atoms with Crippen molar-refractivity contribution in [2.75, 3.05) is 0 Å². The predicted molar refractivity (Wildman–Crippen MR) is 34.7 cm³/mol. The molecule has 0 rings (SSSR count). The SMILES string of the molecule is ClC(Cl)=C(Cl)Cl.[CH]. The van der Waals surface area contributed by atoms with Gasteiger partial charge < -0.3 is 0 Å². The van der Waals surface area contributed by atoms with Crippen LogP contribution < -0.4 is 0 Å². The van der Waals surface area contributed by atoms with Crippen molar-refractivity contribution in [2.45, 2.75) is 0 Å². The largest absolute Gasteiger partial charge is 0.136 e. The van der Waals surface area contributed by atoms with Crippen LogP contribution in [0.15, 0.2) is 8.98 Å². The molecule has 0 nitrogen and oxygen atoms in total. The van der Waals surface area contributed by atoms with E-state index in [4.69, 9.17) is 46.4 Å². The first kappa shape index (κ1) is 10.8. The smallest absolute Gasteiger partial charge is 0.0682 e. The molecule has 0 aromatic rings. The Labute approximate surface area is 63.0 Å². The molecular weight excluding hydrogens is 178 g/mol. The second-order valence-electron chi connectivity index (χ2n) is 0.521. The molecule has 0 aliphatic rings. The molecule has 0 unspecified atom stereocenters. The standard InChI is InChI=1S/C2Cl4.CH/c3-1(4)2(5)6;/h;1H. The number of halogens is 4. The van der Waals surface area contributed by atoms with Gasteiger partial charge in [-0.1, -0.05) is 46.4 Å². The van der Waals surface area contributed by atoms with Gasteiger partial charge in [0.15, 0.2) is 0 Å². The zero-order valence-corrected chi connectivity index (χ0v) is 6.11. The summed E-state index contributed by atoms with van der Waals surface area (Å²) < 4.78 is -0.198. The fourth-order valence-electron chi connectivity index (χ4n) is 0. The molecule has 0 N–H and O–H groups in total. The Hall–Kier alpha value is 0.900. The van der Waals surface area contributed by atoms with Gasteiger partial charge in [-0.2, -0.15) is 0 Å². The van der Waals surface area contributed by atoms with E-state index in [2.05, 4.69) is 0 Å². The summed E-state index contributed by atoms with van der Waals surface area (Å²) in [5, 5.41) is 0. The first-order chi connectivity index (χ1) is 2.64. The van der Waals surface area contributed by atoms with Crippen molar-refractivity contribution in [1.29, 1.82) is 0 Å². The maximum atomic E-state index is 4.99. The summed E-state index contributed by atoms with van der Waals surface area (Å²) >= 11 is 20.0. The van der Waals surface area contributed by atoms with Gasteiger partial charge in [0.25, 0.3) is 0 Å². The summed E-state index contributed by atoms with van der Waals surface area (Å²) in [6.45, 7) is 0. The molecule has 0 saturated carbocycles. The Morgan fingerprint density at radius 3 is 0.857 bits per heavy atom. The minimum absolute atomic E-state index is 0. The average molecular weight is 179 g/mol. The van der Waals surface area contributed by atoms with Crippen LogP contribution in [-0.2, 0) is 0 Å². The van der Waals surface area contributed by atoms with Crippen molar-refractivity contribution >= 4 is 46.4 Å². The number of hydrogen-bond acceptors (Lipinski definition) is 0. The van der Waals surface area contributed by atoms with Crippen LogP contribution in [0.1, 0.15) is 0 Å². The molecule has 0 aromatic heterocycles. The van der Waals surface area contributed by atoms with E-state index in [0.29, 0.717) is 0 Å². The highest BCUT2D eigenvalue weighted by molar-refractivity contribution is 6.67. The van der Waals surface area contributed by atoms with Crippen molar-refractivity contribution in [1.82, 2.24) is 0 Å². The molecule has 0 amide bonds. The van der Waals surface area contributed by atoms with Crippen LogP contribution in [0.5, 0.6) is 0 Å². The van der Waals surface area contributed by atoms with Crippen molar-refractivity contribution < 1.29 is 0 Å². The monoisotopic (exact) mass is 177 g/mol. The number of hydrogen-bond donors (Lipinski definition) is 0. The van der Waals surface area contributed by atoms with Gasteiger partial charge in [0.2, 0.25) is 0 Å². The van der Waals surface area contributed by atoms with Crippen LogP contribution in [-0.4, -0.2) is 0 Å². The molecule has 0 aliphatic carbocycles. The van der Waals surface area contributed by atoms with Gasteiger partial charge in [-0.3, -0.25) is 0 Å². The third-order valence-electron chi connectivity index (χ3n) is 0.143. The zero-order chi connectivity index (χ0) is 5.15. The summed E-state index contributed by atoms with van der Waals surface area (Å²) in [5.41, 5.74) is 0. The van der Waals surface area contributed by atoms with Gasteiger partial charge >= 0.3 is 0 Å². The highest BCUT2D eigenvalue weighted by Crippen LogP contribution is 2.20. The van der Waals surface area contributed by atoms with E-state index in [1.165, 1.54) is 0 Å². The Morgan fingerprint density at radius 2 is 0.857 bits per heavy atom. The molecule has 0 saturated heterocycles. The molecule has 7 heavy (non-hydrogen) atoms. The van der Waals surface area contributed by atoms with Crippen molar-refractivity contribution in [3.8, 4) is 0 Å². The lowest BCUT2D eigenvalue weighted by Crippen LogP contribution is -1.47. The second kappa shape index (κ2) is 5.04. The third kappa shape index (κ3) is 6.90. The van der Waals surface area contributed by atoms with Gasteiger partial charge in [0.05, 0.1) is 0 Å². The van der Waals surface area contributed by atoms with E-state index in [1.54, 1.807) is 0 Å². The van der Waals surface area contributed by atoms with Crippen molar-refractivity contribution in [3.05, 3.63) is 16.4 Å². The second-order valence-corrected chi connectivity index (χ2v) is 2.42. The van der Waals surface area contributed by atoms with Crippen LogP contribution in [0, 0.1) is 7.43 Å². The van der Waals surface area contributed by atoms with E-state index in [1.807, 2.05) is 0 Å². The molecule has 0 spiro atoms. The third-order valence-corrected chi connectivity index (χ3v) is 1.29. The van der Waals surface area contributed by atoms with Gasteiger partial charge in [-0.05, 0) is 7.43 Å². The molecule has 0 bridgehead atoms. The molecule has 0 aromatic carbocycles. The summed E-state index contributed by atoms with van der Waals surface area (Å²) in [4.78, 5) is 0.